The molecule has 3 aromatic rings. The summed E-state index contributed by atoms with van der Waals surface area (Å²) in [5, 5.41) is 3.97. The average Bonchev–Trinajstić information content (AvgIpc) is 3.04. The monoisotopic (exact) mass is 460 g/mol. The molecule has 5 nitrogen and oxygen atoms in total. The van der Waals surface area contributed by atoms with E-state index in [-0.39, 0.29) is 11.3 Å². The minimum absolute atomic E-state index is 0.129. The van der Waals surface area contributed by atoms with E-state index >= 15 is 0 Å². The van der Waals surface area contributed by atoms with Gasteiger partial charge in [0, 0.05) is 15.7 Å². The minimum Gasteiger partial charge on any atom is -0.322 e. The van der Waals surface area contributed by atoms with Gasteiger partial charge in [0.05, 0.1) is 15.6 Å². The molecule has 0 aliphatic carbocycles. The van der Waals surface area contributed by atoms with E-state index in [9.17, 15) is 13.6 Å². The van der Waals surface area contributed by atoms with Crippen LogP contribution in [0.5, 0.6) is 0 Å². The van der Waals surface area contributed by atoms with Crippen LogP contribution in [0.2, 0.25) is 14.4 Å². The largest absolute Gasteiger partial charge is 0.322 e. The molecule has 1 amide bonds. The molecule has 140 valence electrons. The van der Waals surface area contributed by atoms with Gasteiger partial charge in [0.25, 0.3) is 17.2 Å². The number of hydrogen-bond donors (Lipinski definition) is 2. The van der Waals surface area contributed by atoms with Crippen LogP contribution in [0.15, 0.2) is 54.6 Å². The first-order valence-corrected chi connectivity index (χ1v) is 10.4. The number of carbonyl (C=O) groups excluding carboxylic acids is 1. The summed E-state index contributed by atoms with van der Waals surface area (Å²) in [6.45, 7) is 0. The van der Waals surface area contributed by atoms with Crippen LogP contribution in [0.25, 0.3) is 0 Å². The van der Waals surface area contributed by atoms with Gasteiger partial charge in [-0.1, -0.05) is 34.8 Å². The van der Waals surface area contributed by atoms with Crippen LogP contribution in [0.3, 0.4) is 0 Å². The summed E-state index contributed by atoms with van der Waals surface area (Å²) < 4.78 is 23.3. The van der Waals surface area contributed by atoms with Gasteiger partial charge in [-0.3, -0.25) is 9.35 Å². The highest BCUT2D eigenvalue weighted by atomic mass is 35.5. The van der Waals surface area contributed by atoms with E-state index < -0.39 is 17.2 Å². The van der Waals surface area contributed by atoms with Gasteiger partial charge in [0.1, 0.15) is 5.00 Å². The molecule has 0 fully saturated rings. The average molecular weight is 462 g/mol. The third kappa shape index (κ3) is 4.82. The van der Waals surface area contributed by atoms with Gasteiger partial charge in [-0.2, -0.15) is 0 Å². The number of halogens is 3. The maximum Gasteiger partial charge on any atom is 0.267 e. The molecular weight excluding hydrogens is 451 g/mol. The molecule has 3 rings (SSSR count). The fraction of sp³-hybridized carbons (Fsp3) is 0. The number of benzene rings is 2. The zero-order valence-corrected chi connectivity index (χ0v) is 17.3. The van der Waals surface area contributed by atoms with E-state index in [4.69, 9.17) is 34.8 Å². The van der Waals surface area contributed by atoms with Crippen molar-refractivity contribution in [1.82, 2.24) is 0 Å². The van der Waals surface area contributed by atoms with Crippen molar-refractivity contribution in [2.45, 2.75) is 0 Å². The Balaban J connectivity index is 2.02. The van der Waals surface area contributed by atoms with Gasteiger partial charge in [0.2, 0.25) is 0 Å². The summed E-state index contributed by atoms with van der Waals surface area (Å²) in [6, 6.07) is 14.2. The molecule has 1 unspecified atom stereocenters. The van der Waals surface area contributed by atoms with E-state index in [1.54, 1.807) is 36.4 Å². The molecule has 0 bridgehead atoms. The van der Waals surface area contributed by atoms with Crippen molar-refractivity contribution in [2.75, 3.05) is 9.62 Å². The molecule has 0 saturated heterocycles. The van der Waals surface area contributed by atoms with Crippen molar-refractivity contribution in [3.63, 3.8) is 0 Å². The maximum atomic E-state index is 12.8. The Kier molecular flexibility index (Phi) is 6.41. The lowest BCUT2D eigenvalue weighted by Gasteiger charge is -2.21. The Hall–Kier alpha value is -1.61. The molecule has 2 N–H and O–H groups in total. The maximum absolute atomic E-state index is 12.8. The van der Waals surface area contributed by atoms with Crippen LogP contribution in [0.4, 0.5) is 16.4 Å². The zero-order chi connectivity index (χ0) is 19.6. The van der Waals surface area contributed by atoms with Crippen molar-refractivity contribution in [2.24, 2.45) is 0 Å². The molecule has 0 aliphatic rings. The quantitative estimate of drug-likeness (QED) is 0.442. The standard InChI is InChI=1S/C17H11Cl3N2O3S2/c18-10-1-4-12(5-2-10)21-17(23)13-9-11(19)3-6-14(13)22(27(24)25)16-8-7-15(20)26-16/h1-9H,(H,21,23)(H,24,25). The zero-order valence-electron chi connectivity index (χ0n) is 13.4. The van der Waals surface area contributed by atoms with Crippen LogP contribution >= 0.6 is 46.1 Å². The predicted molar refractivity (Wildman–Crippen MR) is 113 cm³/mol. The Morgan fingerprint density at radius 2 is 1.67 bits per heavy atom. The Bertz CT molecular complexity index is 1010. The molecule has 0 spiro atoms. The second kappa shape index (κ2) is 8.60. The van der Waals surface area contributed by atoms with Crippen molar-refractivity contribution in [3.8, 4) is 0 Å². The van der Waals surface area contributed by atoms with E-state index in [1.807, 2.05) is 0 Å². The Morgan fingerprint density at radius 3 is 2.26 bits per heavy atom. The molecule has 0 aliphatic heterocycles. The minimum atomic E-state index is -2.43. The van der Waals surface area contributed by atoms with Crippen LogP contribution in [0.1, 0.15) is 10.4 Å². The van der Waals surface area contributed by atoms with Gasteiger partial charge in [-0.25, -0.2) is 8.51 Å². The highest BCUT2D eigenvalue weighted by Crippen LogP contribution is 2.38. The van der Waals surface area contributed by atoms with Gasteiger partial charge in [0.15, 0.2) is 0 Å². The van der Waals surface area contributed by atoms with Crippen LogP contribution in [-0.4, -0.2) is 14.7 Å². The number of amides is 1. The van der Waals surface area contributed by atoms with E-state index in [2.05, 4.69) is 5.32 Å². The number of hydrogen-bond acceptors (Lipinski definition) is 3. The first-order valence-electron chi connectivity index (χ1n) is 7.38. The SMILES string of the molecule is O=C(Nc1ccc(Cl)cc1)c1cc(Cl)ccc1N(c1ccc(Cl)s1)S(=O)O. The van der Waals surface area contributed by atoms with Gasteiger partial charge >= 0.3 is 0 Å². The van der Waals surface area contributed by atoms with Crippen molar-refractivity contribution in [3.05, 3.63) is 74.5 Å². The molecular formula is C17H11Cl3N2O3S2. The fourth-order valence-electron chi connectivity index (χ4n) is 2.29. The summed E-state index contributed by atoms with van der Waals surface area (Å²) in [5.41, 5.74) is 0.862. The number of nitrogens with one attached hydrogen (secondary N) is 1. The third-order valence-electron chi connectivity index (χ3n) is 3.44. The lowest BCUT2D eigenvalue weighted by atomic mass is 10.1. The summed E-state index contributed by atoms with van der Waals surface area (Å²) in [4.78, 5) is 12.8. The fourth-order valence-corrected chi connectivity index (χ4v) is 4.39. The third-order valence-corrected chi connectivity index (χ3v) is 5.96. The molecule has 1 atom stereocenters. The lowest BCUT2D eigenvalue weighted by Crippen LogP contribution is -2.23. The Morgan fingerprint density at radius 1 is 1.00 bits per heavy atom. The summed E-state index contributed by atoms with van der Waals surface area (Å²) in [7, 11) is 0. The van der Waals surface area contributed by atoms with Crippen molar-refractivity contribution < 1.29 is 13.6 Å². The normalized spacial score (nSPS) is 11.9. The molecule has 0 saturated carbocycles. The highest BCUT2D eigenvalue weighted by Gasteiger charge is 2.24. The summed E-state index contributed by atoms with van der Waals surface area (Å²) in [5.74, 6) is -0.493. The van der Waals surface area contributed by atoms with E-state index in [1.165, 1.54) is 18.2 Å². The Labute approximate surface area is 176 Å². The smallest absolute Gasteiger partial charge is 0.267 e. The van der Waals surface area contributed by atoms with Crippen LogP contribution in [-0.2, 0) is 11.3 Å². The molecule has 27 heavy (non-hydrogen) atoms. The predicted octanol–water partition coefficient (Wildman–Crippen LogP) is 6.24. The second-order valence-corrected chi connectivity index (χ2v) is 8.62. The number of anilines is 3. The van der Waals surface area contributed by atoms with Crippen molar-refractivity contribution >= 4 is 79.7 Å². The highest BCUT2D eigenvalue weighted by molar-refractivity contribution is 7.81. The second-order valence-electron chi connectivity index (χ2n) is 5.23. The first kappa shape index (κ1) is 20.1. The summed E-state index contributed by atoms with van der Waals surface area (Å²) >= 11 is 16.5. The number of nitrogens with zero attached hydrogens (tertiary/aromatic N) is 1. The molecule has 1 heterocycles. The molecule has 10 heteroatoms. The molecule has 2 aromatic carbocycles. The molecule has 1 aromatic heterocycles. The number of rotatable bonds is 5. The van der Waals surface area contributed by atoms with Crippen LogP contribution in [0, 0.1) is 0 Å². The summed E-state index contributed by atoms with van der Waals surface area (Å²) in [6.07, 6.45) is 0. The number of thiophene rings is 1. The van der Waals surface area contributed by atoms with E-state index in [0.29, 0.717) is 25.1 Å². The van der Waals surface area contributed by atoms with E-state index in [0.717, 1.165) is 15.6 Å². The van der Waals surface area contributed by atoms with Gasteiger partial charge in [-0.15, -0.1) is 11.3 Å². The van der Waals surface area contributed by atoms with Gasteiger partial charge in [-0.05, 0) is 54.6 Å². The first-order chi connectivity index (χ1) is 12.8. The van der Waals surface area contributed by atoms with Crippen LogP contribution < -0.4 is 9.62 Å². The van der Waals surface area contributed by atoms with Gasteiger partial charge < -0.3 is 5.32 Å². The topological polar surface area (TPSA) is 69.6 Å². The molecule has 0 radical (unpaired) electrons. The number of carbonyl (C=O) groups is 1. The van der Waals surface area contributed by atoms with Crippen molar-refractivity contribution in [1.29, 1.82) is 0 Å². The lowest BCUT2D eigenvalue weighted by molar-refractivity contribution is 0.102.